The number of rotatable bonds is 6. The minimum absolute atomic E-state index is 0.0501. The molecule has 0 aliphatic rings. The number of fused-ring (bicyclic) bond motifs is 1. The van der Waals surface area contributed by atoms with Gasteiger partial charge in [0.1, 0.15) is 0 Å². The van der Waals surface area contributed by atoms with Crippen LogP contribution < -0.4 is 5.32 Å². The average Bonchev–Trinajstić information content (AvgIpc) is 2.71. The van der Waals surface area contributed by atoms with Gasteiger partial charge in [-0.1, -0.05) is 48.0 Å². The van der Waals surface area contributed by atoms with Gasteiger partial charge in [0.2, 0.25) is 0 Å². The van der Waals surface area contributed by atoms with E-state index in [2.05, 4.69) is 5.32 Å². The molecule has 0 radical (unpaired) electrons. The van der Waals surface area contributed by atoms with Crippen molar-refractivity contribution in [3.63, 3.8) is 0 Å². The lowest BCUT2D eigenvalue weighted by Gasteiger charge is -2.15. The smallest absolute Gasteiger partial charge is 0.418 e. The molecule has 0 aromatic heterocycles. The molecule has 4 nitrogen and oxygen atoms in total. The van der Waals surface area contributed by atoms with E-state index in [1.54, 1.807) is 0 Å². The first-order chi connectivity index (χ1) is 14.2. The second-order valence-electron chi connectivity index (χ2n) is 6.17. The highest BCUT2D eigenvalue weighted by molar-refractivity contribution is 8.00. The number of alkyl halides is 3. The van der Waals surface area contributed by atoms with Crippen LogP contribution >= 0.6 is 23.4 Å². The minimum Gasteiger partial charge on any atom is -0.455 e. The van der Waals surface area contributed by atoms with Crippen molar-refractivity contribution in [2.45, 2.75) is 11.1 Å². The van der Waals surface area contributed by atoms with E-state index >= 15 is 0 Å². The highest BCUT2D eigenvalue weighted by Gasteiger charge is 2.34. The fraction of sp³-hybridized carbons (Fsp3) is 0.143. The first-order valence-electron chi connectivity index (χ1n) is 8.67. The van der Waals surface area contributed by atoms with Crippen LogP contribution in [-0.2, 0) is 20.5 Å². The molecule has 0 heterocycles. The number of nitrogens with one attached hydrogen (secondary N) is 1. The van der Waals surface area contributed by atoms with E-state index in [4.69, 9.17) is 16.3 Å². The Kier molecular flexibility index (Phi) is 6.89. The molecule has 0 unspecified atom stereocenters. The third-order valence-electron chi connectivity index (χ3n) is 4.03. The van der Waals surface area contributed by atoms with E-state index in [0.29, 0.717) is 0 Å². The molecule has 1 N–H and O–H groups in total. The van der Waals surface area contributed by atoms with E-state index in [9.17, 15) is 22.8 Å². The number of esters is 1. The Hall–Kier alpha value is -2.71. The first-order valence-corrected chi connectivity index (χ1v) is 10.0. The summed E-state index contributed by atoms with van der Waals surface area (Å²) >= 11 is 7.01. The molecule has 0 aliphatic carbocycles. The summed E-state index contributed by atoms with van der Waals surface area (Å²) in [6.45, 7) is -0.723. The molecule has 9 heteroatoms. The third-order valence-corrected chi connectivity index (χ3v) is 5.31. The van der Waals surface area contributed by atoms with Gasteiger partial charge in [-0.3, -0.25) is 9.59 Å². The van der Waals surface area contributed by atoms with E-state index in [1.807, 2.05) is 42.5 Å². The van der Waals surface area contributed by atoms with Crippen molar-refractivity contribution in [1.29, 1.82) is 0 Å². The van der Waals surface area contributed by atoms with Crippen LogP contribution in [0.4, 0.5) is 18.9 Å². The molecule has 3 aromatic rings. The molecule has 1 amide bonds. The van der Waals surface area contributed by atoms with Crippen LogP contribution in [0.15, 0.2) is 65.6 Å². The fourth-order valence-electron chi connectivity index (χ4n) is 2.65. The van der Waals surface area contributed by atoms with Gasteiger partial charge in [-0.25, -0.2) is 0 Å². The zero-order chi connectivity index (χ0) is 21.7. The minimum atomic E-state index is -4.69. The summed E-state index contributed by atoms with van der Waals surface area (Å²) in [5.41, 5.74) is -1.65. The van der Waals surface area contributed by atoms with Gasteiger partial charge in [-0.15, -0.1) is 11.8 Å². The lowest BCUT2D eigenvalue weighted by atomic mass is 10.1. The van der Waals surface area contributed by atoms with Crippen LogP contribution in [0.2, 0.25) is 5.02 Å². The Morgan fingerprint density at radius 1 is 1.00 bits per heavy atom. The van der Waals surface area contributed by atoms with Gasteiger partial charge < -0.3 is 10.1 Å². The number of carbonyl (C=O) groups excluding carboxylic acids is 2. The van der Waals surface area contributed by atoms with E-state index < -0.39 is 35.9 Å². The molecule has 0 bridgehead atoms. The summed E-state index contributed by atoms with van der Waals surface area (Å²) in [5.74, 6) is -1.64. The van der Waals surface area contributed by atoms with E-state index in [-0.39, 0.29) is 10.8 Å². The van der Waals surface area contributed by atoms with Crippen LogP contribution in [0.3, 0.4) is 0 Å². The van der Waals surface area contributed by atoms with Crippen LogP contribution in [-0.4, -0.2) is 24.2 Å². The van der Waals surface area contributed by atoms with Gasteiger partial charge in [-0.05, 0) is 35.0 Å². The van der Waals surface area contributed by atoms with Gasteiger partial charge in [-0.2, -0.15) is 13.2 Å². The van der Waals surface area contributed by atoms with E-state index in [0.717, 1.165) is 27.8 Å². The number of thioether (sulfide) groups is 1. The van der Waals surface area contributed by atoms with Crippen LogP contribution in [0.25, 0.3) is 10.8 Å². The first kappa shape index (κ1) is 22.0. The number of para-hydroxylation sites is 1. The molecule has 0 saturated heterocycles. The molecule has 3 rings (SSSR count). The Morgan fingerprint density at radius 3 is 2.47 bits per heavy atom. The number of anilines is 1. The Balaban J connectivity index is 1.53. The van der Waals surface area contributed by atoms with Crippen molar-refractivity contribution < 1.29 is 27.5 Å². The molecule has 30 heavy (non-hydrogen) atoms. The summed E-state index contributed by atoms with van der Waals surface area (Å²) in [6.07, 6.45) is -4.69. The Bertz CT molecular complexity index is 1090. The van der Waals surface area contributed by atoms with Gasteiger partial charge >= 0.3 is 12.1 Å². The summed E-state index contributed by atoms with van der Waals surface area (Å²) in [4.78, 5) is 24.7. The Morgan fingerprint density at radius 2 is 1.73 bits per heavy atom. The number of hydrogen-bond acceptors (Lipinski definition) is 4. The summed E-state index contributed by atoms with van der Waals surface area (Å²) < 4.78 is 44.0. The SMILES string of the molecule is O=C(COC(=O)CSc1ccc2ccccc2c1)Nc1c(Cl)cccc1C(F)(F)F. The molecule has 0 atom stereocenters. The summed E-state index contributed by atoms with van der Waals surface area (Å²) in [5, 5.41) is 3.88. The Labute approximate surface area is 179 Å². The van der Waals surface area contributed by atoms with Crippen molar-refractivity contribution in [3.8, 4) is 0 Å². The van der Waals surface area contributed by atoms with Crippen molar-refractivity contribution in [2.75, 3.05) is 17.7 Å². The van der Waals surface area contributed by atoms with E-state index in [1.165, 1.54) is 17.8 Å². The normalized spacial score (nSPS) is 11.3. The topological polar surface area (TPSA) is 55.4 Å². The molecule has 156 valence electrons. The summed E-state index contributed by atoms with van der Waals surface area (Å²) in [6, 6.07) is 16.6. The van der Waals surface area contributed by atoms with Gasteiger partial charge in [0.05, 0.1) is 22.0 Å². The maximum atomic E-state index is 13.1. The summed E-state index contributed by atoms with van der Waals surface area (Å²) in [7, 11) is 0. The van der Waals surface area contributed by atoms with Crippen molar-refractivity contribution >= 4 is 51.7 Å². The zero-order valence-corrected chi connectivity index (χ0v) is 16.9. The third kappa shape index (κ3) is 5.67. The number of ether oxygens (including phenoxy) is 1. The number of benzene rings is 3. The predicted octanol–water partition coefficient (Wildman–Crippen LogP) is 5.79. The second-order valence-corrected chi connectivity index (χ2v) is 7.62. The van der Waals surface area contributed by atoms with Crippen LogP contribution in [0.5, 0.6) is 0 Å². The second kappa shape index (κ2) is 9.40. The fourth-order valence-corrected chi connectivity index (χ4v) is 3.61. The van der Waals surface area contributed by atoms with Gasteiger partial charge in [0, 0.05) is 4.90 Å². The monoisotopic (exact) mass is 453 g/mol. The number of amides is 1. The van der Waals surface area contributed by atoms with Crippen LogP contribution in [0, 0.1) is 0 Å². The van der Waals surface area contributed by atoms with Crippen molar-refractivity contribution in [3.05, 3.63) is 71.2 Å². The quantitative estimate of drug-likeness (QED) is 0.379. The maximum Gasteiger partial charge on any atom is 0.418 e. The van der Waals surface area contributed by atoms with Crippen molar-refractivity contribution in [1.82, 2.24) is 0 Å². The largest absolute Gasteiger partial charge is 0.455 e. The lowest BCUT2D eigenvalue weighted by Crippen LogP contribution is -2.23. The van der Waals surface area contributed by atoms with Crippen molar-refractivity contribution in [2.24, 2.45) is 0 Å². The van der Waals surface area contributed by atoms with Gasteiger partial charge in [0.25, 0.3) is 5.91 Å². The number of carbonyl (C=O) groups is 2. The van der Waals surface area contributed by atoms with Gasteiger partial charge in [0.15, 0.2) is 6.61 Å². The standard InChI is InChI=1S/C21H15ClF3NO3S/c22-17-7-3-6-16(21(23,24)25)20(17)26-18(27)11-29-19(28)12-30-15-9-8-13-4-1-2-5-14(13)10-15/h1-10H,11-12H2,(H,26,27). The molecular weight excluding hydrogens is 439 g/mol. The lowest BCUT2D eigenvalue weighted by molar-refractivity contribution is -0.144. The molecular formula is C21H15ClF3NO3S. The molecule has 0 spiro atoms. The molecule has 0 fully saturated rings. The maximum absolute atomic E-state index is 13.1. The number of halogens is 4. The molecule has 3 aromatic carbocycles. The zero-order valence-electron chi connectivity index (χ0n) is 15.3. The average molecular weight is 454 g/mol. The highest BCUT2D eigenvalue weighted by Crippen LogP contribution is 2.38. The predicted molar refractivity (Wildman–Crippen MR) is 111 cm³/mol. The molecule has 0 aliphatic heterocycles. The number of hydrogen-bond donors (Lipinski definition) is 1. The van der Waals surface area contributed by atoms with Crippen LogP contribution in [0.1, 0.15) is 5.56 Å². The molecule has 0 saturated carbocycles. The highest BCUT2D eigenvalue weighted by atomic mass is 35.5.